The van der Waals surface area contributed by atoms with Crippen LogP contribution in [0.15, 0.2) is 35.7 Å². The average Bonchev–Trinajstić information content (AvgIpc) is 3.40. The summed E-state index contributed by atoms with van der Waals surface area (Å²) < 4.78 is 8.09. The van der Waals surface area contributed by atoms with Crippen molar-refractivity contribution in [1.29, 1.82) is 0 Å². The van der Waals surface area contributed by atoms with Crippen LogP contribution in [-0.2, 0) is 11.3 Å². The number of hydrogen-bond acceptors (Lipinski definition) is 4. The summed E-state index contributed by atoms with van der Waals surface area (Å²) in [6, 6.07) is 8.96. The van der Waals surface area contributed by atoms with Crippen molar-refractivity contribution >= 4 is 34.0 Å². The SMILES string of the molecule is Cc1cc(-c2csc(NC(=O)c3ccc(Cl)cc3)n2)c(C)n1C[C@H]1CCCO1. The monoisotopic (exact) mass is 415 g/mol. The highest BCUT2D eigenvalue weighted by atomic mass is 35.5. The molecule has 1 fully saturated rings. The van der Waals surface area contributed by atoms with Gasteiger partial charge in [-0.1, -0.05) is 11.6 Å². The number of amides is 1. The largest absolute Gasteiger partial charge is 0.376 e. The molecule has 1 amide bonds. The molecule has 146 valence electrons. The third kappa shape index (κ3) is 3.99. The highest BCUT2D eigenvalue weighted by Gasteiger charge is 2.20. The zero-order valence-electron chi connectivity index (χ0n) is 15.9. The Hall–Kier alpha value is -2.15. The van der Waals surface area contributed by atoms with Gasteiger partial charge in [0, 0.05) is 46.1 Å². The van der Waals surface area contributed by atoms with Gasteiger partial charge in [0.1, 0.15) is 0 Å². The molecular weight excluding hydrogens is 394 g/mol. The summed E-state index contributed by atoms with van der Waals surface area (Å²) in [5.74, 6) is -0.193. The number of carbonyl (C=O) groups is 1. The Labute approximate surface area is 173 Å². The Bertz CT molecular complexity index is 988. The van der Waals surface area contributed by atoms with Crippen LogP contribution in [0.3, 0.4) is 0 Å². The smallest absolute Gasteiger partial charge is 0.257 e. The molecule has 3 aromatic rings. The van der Waals surface area contributed by atoms with Gasteiger partial charge in [-0.3, -0.25) is 10.1 Å². The lowest BCUT2D eigenvalue weighted by molar-refractivity contribution is 0.0962. The van der Waals surface area contributed by atoms with Crippen molar-refractivity contribution < 1.29 is 9.53 Å². The van der Waals surface area contributed by atoms with Gasteiger partial charge in [-0.05, 0) is 57.0 Å². The second kappa shape index (κ2) is 8.07. The topological polar surface area (TPSA) is 56.2 Å². The normalized spacial score (nSPS) is 16.5. The Morgan fingerprint density at radius 2 is 2.14 bits per heavy atom. The van der Waals surface area contributed by atoms with Crippen LogP contribution in [0, 0.1) is 13.8 Å². The van der Waals surface area contributed by atoms with E-state index in [1.807, 2.05) is 5.38 Å². The van der Waals surface area contributed by atoms with Crippen LogP contribution >= 0.6 is 22.9 Å². The van der Waals surface area contributed by atoms with Crippen molar-refractivity contribution in [3.8, 4) is 11.3 Å². The van der Waals surface area contributed by atoms with Crippen molar-refractivity contribution in [1.82, 2.24) is 9.55 Å². The summed E-state index contributed by atoms with van der Waals surface area (Å²) in [5, 5.41) is 6.03. The maximum absolute atomic E-state index is 12.4. The van der Waals surface area contributed by atoms with Gasteiger partial charge in [0.25, 0.3) is 5.91 Å². The minimum Gasteiger partial charge on any atom is -0.376 e. The molecule has 0 bridgehead atoms. The molecule has 0 radical (unpaired) electrons. The van der Waals surface area contributed by atoms with E-state index in [-0.39, 0.29) is 5.91 Å². The summed E-state index contributed by atoms with van der Waals surface area (Å²) in [5.41, 5.74) is 4.90. The van der Waals surface area contributed by atoms with Gasteiger partial charge in [0.05, 0.1) is 11.8 Å². The van der Waals surface area contributed by atoms with Crippen LogP contribution in [0.4, 0.5) is 5.13 Å². The van der Waals surface area contributed by atoms with Gasteiger partial charge in [0.2, 0.25) is 0 Å². The number of benzene rings is 1. The number of ether oxygens (including phenoxy) is 1. The summed E-state index contributed by atoms with van der Waals surface area (Å²) in [6.07, 6.45) is 2.55. The number of aromatic nitrogens is 2. The first-order valence-corrected chi connectivity index (χ1v) is 10.6. The predicted octanol–water partition coefficient (Wildman–Crippen LogP) is 5.31. The van der Waals surface area contributed by atoms with Crippen molar-refractivity contribution in [3.05, 3.63) is 57.7 Å². The zero-order valence-corrected chi connectivity index (χ0v) is 17.4. The molecule has 1 aliphatic rings. The van der Waals surface area contributed by atoms with Gasteiger partial charge in [-0.25, -0.2) is 4.98 Å². The first-order valence-electron chi connectivity index (χ1n) is 9.32. The van der Waals surface area contributed by atoms with Crippen LogP contribution in [0.25, 0.3) is 11.3 Å². The molecule has 4 rings (SSSR count). The summed E-state index contributed by atoms with van der Waals surface area (Å²) in [7, 11) is 0. The fourth-order valence-corrected chi connectivity index (χ4v) is 4.39. The van der Waals surface area contributed by atoms with E-state index in [1.165, 1.54) is 22.7 Å². The van der Waals surface area contributed by atoms with E-state index < -0.39 is 0 Å². The van der Waals surface area contributed by atoms with Crippen molar-refractivity contribution in [2.24, 2.45) is 0 Å². The second-order valence-corrected chi connectivity index (χ2v) is 8.32. The Balaban J connectivity index is 1.51. The van der Waals surface area contributed by atoms with Gasteiger partial charge in [0.15, 0.2) is 5.13 Å². The molecule has 28 heavy (non-hydrogen) atoms. The first kappa shape index (κ1) is 19.2. The van der Waals surface area contributed by atoms with Crippen LogP contribution < -0.4 is 5.32 Å². The van der Waals surface area contributed by atoms with Crippen LogP contribution in [-0.4, -0.2) is 28.2 Å². The number of aryl methyl sites for hydroxylation is 1. The molecule has 7 heteroatoms. The average molecular weight is 416 g/mol. The van der Waals surface area contributed by atoms with E-state index in [1.54, 1.807) is 24.3 Å². The number of nitrogens with zero attached hydrogens (tertiary/aromatic N) is 2. The van der Waals surface area contributed by atoms with E-state index in [9.17, 15) is 4.79 Å². The molecule has 0 aliphatic carbocycles. The van der Waals surface area contributed by atoms with Crippen molar-refractivity contribution in [3.63, 3.8) is 0 Å². The third-order valence-corrected chi connectivity index (χ3v) is 6.10. The maximum atomic E-state index is 12.4. The molecule has 5 nitrogen and oxygen atoms in total. The predicted molar refractivity (Wildman–Crippen MR) is 113 cm³/mol. The number of carbonyl (C=O) groups excluding carboxylic acids is 1. The summed E-state index contributed by atoms with van der Waals surface area (Å²) >= 11 is 7.30. The van der Waals surface area contributed by atoms with Crippen LogP contribution in [0.5, 0.6) is 0 Å². The summed E-state index contributed by atoms with van der Waals surface area (Å²) in [6.45, 7) is 5.96. The molecule has 0 unspecified atom stereocenters. The van der Waals surface area contributed by atoms with Gasteiger partial charge in [-0.2, -0.15) is 0 Å². The Kier molecular flexibility index (Phi) is 5.53. The van der Waals surface area contributed by atoms with Gasteiger partial charge < -0.3 is 9.30 Å². The molecule has 1 atom stereocenters. The molecule has 1 aromatic carbocycles. The zero-order chi connectivity index (χ0) is 19.7. The maximum Gasteiger partial charge on any atom is 0.257 e. The van der Waals surface area contributed by atoms with E-state index in [0.29, 0.717) is 21.8 Å². The lowest BCUT2D eigenvalue weighted by Crippen LogP contribution is -2.16. The number of nitrogens with one attached hydrogen (secondary N) is 1. The lowest BCUT2D eigenvalue weighted by Gasteiger charge is -2.14. The Morgan fingerprint density at radius 3 is 2.86 bits per heavy atom. The standard InChI is InChI=1S/C21H22ClN3O2S/c1-13-10-18(14(2)25(13)11-17-4-3-9-27-17)19-12-28-21(23-19)24-20(26)15-5-7-16(22)8-6-15/h5-8,10,12,17H,3-4,9,11H2,1-2H3,(H,23,24,26)/t17-/m1/s1. The first-order chi connectivity index (χ1) is 13.5. The van der Waals surface area contributed by atoms with Gasteiger partial charge in [-0.15, -0.1) is 11.3 Å². The number of thiazole rings is 1. The summed E-state index contributed by atoms with van der Waals surface area (Å²) in [4.78, 5) is 17.0. The molecule has 3 heterocycles. The second-order valence-electron chi connectivity index (χ2n) is 7.03. The lowest BCUT2D eigenvalue weighted by atomic mass is 10.2. The number of anilines is 1. The van der Waals surface area contributed by atoms with E-state index in [0.717, 1.165) is 37.3 Å². The fraction of sp³-hybridized carbons (Fsp3) is 0.333. The molecular formula is C21H22ClN3O2S. The molecule has 0 spiro atoms. The van der Waals surface area contributed by atoms with Crippen LogP contribution in [0.2, 0.25) is 5.02 Å². The molecule has 2 aromatic heterocycles. The third-order valence-electron chi connectivity index (χ3n) is 5.09. The van der Waals surface area contributed by atoms with Crippen molar-refractivity contribution in [2.75, 3.05) is 11.9 Å². The molecule has 1 saturated heterocycles. The molecule has 1 aliphatic heterocycles. The Morgan fingerprint density at radius 1 is 1.36 bits per heavy atom. The highest BCUT2D eigenvalue weighted by Crippen LogP contribution is 2.31. The van der Waals surface area contributed by atoms with E-state index >= 15 is 0 Å². The molecule has 0 saturated carbocycles. The minimum atomic E-state index is -0.193. The van der Waals surface area contributed by atoms with Gasteiger partial charge >= 0.3 is 0 Å². The van der Waals surface area contributed by atoms with Crippen molar-refractivity contribution in [2.45, 2.75) is 39.3 Å². The number of halogens is 1. The molecule has 1 N–H and O–H groups in total. The van der Waals surface area contributed by atoms with E-state index in [2.05, 4.69) is 34.8 Å². The number of rotatable bonds is 5. The number of hydrogen-bond donors (Lipinski definition) is 1. The quantitative estimate of drug-likeness (QED) is 0.614. The van der Waals surface area contributed by atoms with E-state index in [4.69, 9.17) is 16.3 Å². The minimum absolute atomic E-state index is 0.193. The highest BCUT2D eigenvalue weighted by molar-refractivity contribution is 7.14. The fourth-order valence-electron chi connectivity index (χ4n) is 3.56. The van der Waals surface area contributed by atoms with Crippen LogP contribution in [0.1, 0.15) is 34.6 Å².